The molecule has 0 bridgehead atoms. The highest BCUT2D eigenvalue weighted by Crippen LogP contribution is 2.34. The molecule has 146 valence electrons. The summed E-state index contributed by atoms with van der Waals surface area (Å²) in [5, 5.41) is 1.24. The summed E-state index contributed by atoms with van der Waals surface area (Å²) < 4.78 is 11.1. The van der Waals surface area contributed by atoms with Crippen LogP contribution >= 0.6 is 23.4 Å². The van der Waals surface area contributed by atoms with Crippen molar-refractivity contribution in [2.24, 2.45) is 4.99 Å². The number of hydrogen-bond donors (Lipinski definition) is 0. The number of likely N-dealkylation sites (N-methyl/N-ethyl adjacent to an activating group) is 1. The van der Waals surface area contributed by atoms with Crippen molar-refractivity contribution in [2.75, 3.05) is 14.2 Å². The molecule has 2 aromatic carbocycles. The number of carbonyl (C=O) groups is 1. The van der Waals surface area contributed by atoms with E-state index < -0.39 is 0 Å². The van der Waals surface area contributed by atoms with E-state index in [0.717, 1.165) is 22.8 Å². The molecule has 5 nitrogen and oxygen atoms in total. The van der Waals surface area contributed by atoms with Gasteiger partial charge in [-0.05, 0) is 72.4 Å². The van der Waals surface area contributed by atoms with Crippen molar-refractivity contribution in [1.82, 2.24) is 4.90 Å². The molecule has 3 aromatic rings. The standard InChI is InChI=1S/C22H17ClN2O3S/c1-25-21(26)20(29-22(25)24-16-7-5-15(23)6-8-16)13-18-11-12-19(28-18)14-3-9-17(27-2)10-4-14/h3-13H,1-2H3/b20-13-,24-22?. The molecule has 1 amide bonds. The van der Waals surface area contributed by atoms with Crippen molar-refractivity contribution in [3.63, 3.8) is 0 Å². The van der Waals surface area contributed by atoms with Gasteiger partial charge in [0.1, 0.15) is 17.3 Å². The van der Waals surface area contributed by atoms with Crippen molar-refractivity contribution in [2.45, 2.75) is 0 Å². The van der Waals surface area contributed by atoms with Gasteiger partial charge < -0.3 is 9.15 Å². The number of halogens is 1. The fraction of sp³-hybridized carbons (Fsp3) is 0.0909. The maximum atomic E-state index is 12.6. The van der Waals surface area contributed by atoms with Crippen LogP contribution in [0.5, 0.6) is 5.75 Å². The van der Waals surface area contributed by atoms with Crippen molar-refractivity contribution < 1.29 is 13.9 Å². The summed E-state index contributed by atoms with van der Waals surface area (Å²) in [5.41, 5.74) is 1.67. The Kier molecular flexibility index (Phi) is 5.47. The number of hydrogen-bond acceptors (Lipinski definition) is 5. The molecule has 0 radical (unpaired) electrons. The molecule has 29 heavy (non-hydrogen) atoms. The summed E-state index contributed by atoms with van der Waals surface area (Å²) in [6, 6.07) is 18.5. The number of methoxy groups -OCH3 is 1. The number of amides is 1. The largest absolute Gasteiger partial charge is 0.497 e. The first-order valence-corrected chi connectivity index (χ1v) is 9.99. The second-order valence-corrected chi connectivity index (χ2v) is 7.72. The number of amidine groups is 1. The summed E-state index contributed by atoms with van der Waals surface area (Å²) in [4.78, 5) is 19.2. The van der Waals surface area contributed by atoms with E-state index in [-0.39, 0.29) is 5.91 Å². The Morgan fingerprint density at radius 2 is 1.79 bits per heavy atom. The zero-order valence-electron chi connectivity index (χ0n) is 15.8. The zero-order valence-corrected chi connectivity index (χ0v) is 17.3. The molecule has 1 aliphatic heterocycles. The molecule has 0 aliphatic carbocycles. The molecular weight excluding hydrogens is 408 g/mol. The van der Waals surface area contributed by atoms with Gasteiger partial charge in [0.05, 0.1) is 17.7 Å². The van der Waals surface area contributed by atoms with E-state index in [2.05, 4.69) is 4.99 Å². The van der Waals surface area contributed by atoms with Crippen LogP contribution in [0.3, 0.4) is 0 Å². The third-order valence-corrected chi connectivity index (χ3v) is 5.64. The molecule has 1 aromatic heterocycles. The molecule has 0 spiro atoms. The first-order chi connectivity index (χ1) is 14.0. The van der Waals surface area contributed by atoms with Crippen LogP contribution in [-0.4, -0.2) is 30.1 Å². The average Bonchev–Trinajstić information content (AvgIpc) is 3.31. The second kappa shape index (κ2) is 8.19. The lowest BCUT2D eigenvalue weighted by Crippen LogP contribution is -2.23. The normalized spacial score (nSPS) is 16.8. The highest BCUT2D eigenvalue weighted by Gasteiger charge is 2.30. The minimum absolute atomic E-state index is 0.120. The number of thioether (sulfide) groups is 1. The van der Waals surface area contributed by atoms with E-state index >= 15 is 0 Å². The third-order valence-electron chi connectivity index (χ3n) is 4.33. The van der Waals surface area contributed by atoms with Gasteiger partial charge in [0.25, 0.3) is 5.91 Å². The number of rotatable bonds is 4. The van der Waals surface area contributed by atoms with E-state index in [1.807, 2.05) is 48.5 Å². The first-order valence-electron chi connectivity index (χ1n) is 8.79. The van der Waals surface area contributed by atoms with Gasteiger partial charge in [-0.3, -0.25) is 9.69 Å². The second-order valence-electron chi connectivity index (χ2n) is 6.28. The van der Waals surface area contributed by atoms with Crippen LogP contribution in [0.25, 0.3) is 17.4 Å². The number of nitrogens with zero attached hydrogens (tertiary/aromatic N) is 2. The minimum atomic E-state index is -0.120. The highest BCUT2D eigenvalue weighted by atomic mass is 35.5. The van der Waals surface area contributed by atoms with E-state index in [4.69, 9.17) is 20.8 Å². The van der Waals surface area contributed by atoms with Crippen LogP contribution in [0.4, 0.5) is 5.69 Å². The zero-order chi connectivity index (χ0) is 20.4. The molecule has 0 atom stereocenters. The number of benzene rings is 2. The molecule has 4 rings (SSSR count). The maximum Gasteiger partial charge on any atom is 0.266 e. The van der Waals surface area contributed by atoms with Gasteiger partial charge in [0, 0.05) is 23.7 Å². The van der Waals surface area contributed by atoms with Gasteiger partial charge in [0.2, 0.25) is 0 Å². The van der Waals surface area contributed by atoms with Gasteiger partial charge in [-0.1, -0.05) is 11.6 Å². The fourth-order valence-electron chi connectivity index (χ4n) is 2.75. The van der Waals surface area contributed by atoms with Crippen LogP contribution in [0, 0.1) is 0 Å². The highest BCUT2D eigenvalue weighted by molar-refractivity contribution is 8.18. The van der Waals surface area contributed by atoms with Crippen LogP contribution in [-0.2, 0) is 4.79 Å². The molecule has 7 heteroatoms. The van der Waals surface area contributed by atoms with Gasteiger partial charge in [-0.15, -0.1) is 0 Å². The van der Waals surface area contributed by atoms with E-state index in [1.165, 1.54) is 16.7 Å². The Morgan fingerprint density at radius 1 is 1.07 bits per heavy atom. The Morgan fingerprint density at radius 3 is 2.48 bits per heavy atom. The number of carbonyl (C=O) groups excluding carboxylic acids is 1. The minimum Gasteiger partial charge on any atom is -0.497 e. The molecule has 0 saturated carbocycles. The van der Waals surface area contributed by atoms with Crippen molar-refractivity contribution in [1.29, 1.82) is 0 Å². The van der Waals surface area contributed by atoms with Crippen molar-refractivity contribution in [3.8, 4) is 17.1 Å². The summed E-state index contributed by atoms with van der Waals surface area (Å²) in [7, 11) is 3.33. The van der Waals surface area contributed by atoms with Crippen LogP contribution in [0.1, 0.15) is 5.76 Å². The molecule has 0 unspecified atom stereocenters. The number of aliphatic imine (C=N–C) groups is 1. The number of furan rings is 1. The molecular formula is C22H17ClN2O3S. The molecule has 0 N–H and O–H groups in total. The summed E-state index contributed by atoms with van der Waals surface area (Å²) in [6.45, 7) is 0. The topological polar surface area (TPSA) is 55.0 Å². The third kappa shape index (κ3) is 4.23. The number of ether oxygens (including phenoxy) is 1. The lowest BCUT2D eigenvalue weighted by Gasteiger charge is -2.06. The molecule has 1 fully saturated rings. The smallest absolute Gasteiger partial charge is 0.266 e. The van der Waals surface area contributed by atoms with E-state index in [1.54, 1.807) is 32.4 Å². The Hall–Kier alpha value is -2.96. The maximum absolute atomic E-state index is 12.6. The monoisotopic (exact) mass is 424 g/mol. The Balaban J connectivity index is 1.56. The predicted molar refractivity (Wildman–Crippen MR) is 118 cm³/mol. The van der Waals surface area contributed by atoms with Crippen molar-refractivity contribution in [3.05, 3.63) is 76.4 Å². The van der Waals surface area contributed by atoms with E-state index in [9.17, 15) is 4.79 Å². The van der Waals surface area contributed by atoms with Crippen LogP contribution in [0.2, 0.25) is 5.02 Å². The van der Waals surface area contributed by atoms with Crippen LogP contribution < -0.4 is 4.74 Å². The van der Waals surface area contributed by atoms with Crippen molar-refractivity contribution >= 4 is 46.2 Å². The molecule has 1 saturated heterocycles. The Bertz CT molecular complexity index is 1100. The lowest BCUT2D eigenvalue weighted by atomic mass is 10.2. The predicted octanol–water partition coefficient (Wildman–Crippen LogP) is 5.84. The van der Waals surface area contributed by atoms with Gasteiger partial charge in [-0.25, -0.2) is 4.99 Å². The van der Waals surface area contributed by atoms with E-state index in [0.29, 0.717) is 20.9 Å². The first kappa shape index (κ1) is 19.4. The SMILES string of the molecule is COc1ccc(-c2ccc(/C=C3\SC(=Nc4ccc(Cl)cc4)N(C)C3=O)o2)cc1. The quantitative estimate of drug-likeness (QED) is 0.493. The fourth-order valence-corrected chi connectivity index (χ4v) is 3.84. The van der Waals surface area contributed by atoms with Gasteiger partial charge >= 0.3 is 0 Å². The molecule has 1 aliphatic rings. The molecule has 2 heterocycles. The van der Waals surface area contributed by atoms with Gasteiger partial charge in [0.15, 0.2) is 5.17 Å². The summed E-state index contributed by atoms with van der Waals surface area (Å²) in [5.74, 6) is 1.99. The summed E-state index contributed by atoms with van der Waals surface area (Å²) >= 11 is 7.22. The summed E-state index contributed by atoms with van der Waals surface area (Å²) in [6.07, 6.45) is 1.74. The van der Waals surface area contributed by atoms with Crippen LogP contribution in [0.15, 0.2) is 75.0 Å². The van der Waals surface area contributed by atoms with Gasteiger partial charge in [-0.2, -0.15) is 0 Å². The Labute approximate surface area is 177 Å². The lowest BCUT2D eigenvalue weighted by molar-refractivity contribution is -0.121. The average molecular weight is 425 g/mol.